The molecule has 2 amide bonds. The Hall–Kier alpha value is -2.76. The number of aromatic nitrogens is 1. The Labute approximate surface area is 115 Å². The van der Waals surface area contributed by atoms with Gasteiger partial charge in [-0.25, -0.2) is 0 Å². The van der Waals surface area contributed by atoms with Crippen molar-refractivity contribution < 1.29 is 14.3 Å². The summed E-state index contributed by atoms with van der Waals surface area (Å²) in [4.78, 5) is 25.7. The number of H-pyrrole nitrogens is 1. The van der Waals surface area contributed by atoms with Gasteiger partial charge in [-0.3, -0.25) is 9.59 Å². The number of nitrogens with two attached hydrogens (primary N) is 1. The van der Waals surface area contributed by atoms with Crippen molar-refractivity contribution in [3.05, 3.63) is 53.9 Å². The fourth-order valence-electron chi connectivity index (χ4n) is 1.66. The second-order valence-electron chi connectivity index (χ2n) is 4.15. The Morgan fingerprint density at radius 3 is 2.75 bits per heavy atom. The predicted molar refractivity (Wildman–Crippen MR) is 73.1 cm³/mol. The highest BCUT2D eigenvalue weighted by Gasteiger charge is 2.10. The minimum atomic E-state index is -0.590. The lowest BCUT2D eigenvalue weighted by atomic mass is 10.2. The van der Waals surface area contributed by atoms with E-state index < -0.39 is 5.91 Å². The third kappa shape index (κ3) is 3.61. The lowest BCUT2D eigenvalue weighted by molar-refractivity contribution is -0.123. The molecular formula is C14H15N3O3. The van der Waals surface area contributed by atoms with Gasteiger partial charge in [0.05, 0.1) is 5.56 Å². The first-order chi connectivity index (χ1) is 9.66. The molecule has 1 aromatic heterocycles. The first-order valence-electron chi connectivity index (χ1n) is 6.07. The van der Waals surface area contributed by atoms with Crippen LogP contribution in [0.4, 0.5) is 0 Å². The van der Waals surface area contributed by atoms with E-state index in [9.17, 15) is 9.59 Å². The molecule has 0 aliphatic carbocycles. The number of benzene rings is 1. The highest BCUT2D eigenvalue weighted by Crippen LogP contribution is 2.16. The summed E-state index contributed by atoms with van der Waals surface area (Å²) < 4.78 is 5.31. The van der Waals surface area contributed by atoms with Crippen molar-refractivity contribution in [2.24, 2.45) is 5.73 Å². The molecule has 0 saturated heterocycles. The Bertz CT molecular complexity index is 593. The number of nitrogens with one attached hydrogen (secondary N) is 2. The van der Waals surface area contributed by atoms with Crippen LogP contribution in [0.15, 0.2) is 42.7 Å². The van der Waals surface area contributed by atoms with Gasteiger partial charge in [0.15, 0.2) is 6.61 Å². The first-order valence-corrected chi connectivity index (χ1v) is 6.07. The van der Waals surface area contributed by atoms with E-state index in [2.05, 4.69) is 10.3 Å². The van der Waals surface area contributed by atoms with Crippen molar-refractivity contribution >= 4 is 11.8 Å². The van der Waals surface area contributed by atoms with Gasteiger partial charge in [-0.15, -0.1) is 0 Å². The molecule has 6 heteroatoms. The highest BCUT2D eigenvalue weighted by atomic mass is 16.5. The zero-order valence-corrected chi connectivity index (χ0v) is 10.8. The summed E-state index contributed by atoms with van der Waals surface area (Å²) in [7, 11) is 0. The summed E-state index contributed by atoms with van der Waals surface area (Å²) in [5.41, 5.74) is 6.44. The maximum absolute atomic E-state index is 11.6. The molecule has 0 bridgehead atoms. The largest absolute Gasteiger partial charge is 0.483 e. The van der Waals surface area contributed by atoms with Gasteiger partial charge >= 0.3 is 0 Å². The number of amides is 2. The quantitative estimate of drug-likeness (QED) is 0.726. The molecule has 0 aliphatic heterocycles. The molecule has 6 nitrogen and oxygen atoms in total. The zero-order valence-electron chi connectivity index (χ0n) is 10.8. The van der Waals surface area contributed by atoms with E-state index in [1.54, 1.807) is 36.7 Å². The van der Waals surface area contributed by atoms with Crippen molar-refractivity contribution in [3.8, 4) is 5.75 Å². The van der Waals surface area contributed by atoms with Crippen LogP contribution in [0.3, 0.4) is 0 Å². The van der Waals surface area contributed by atoms with Gasteiger partial charge in [-0.05, 0) is 23.8 Å². The standard InChI is InChI=1S/C14H15N3O3/c15-14(19)11-3-1-2-4-12(11)20-9-13(18)17-8-10-5-6-16-7-10/h1-7,16H,8-9H2,(H2,15,19)(H,17,18). The van der Waals surface area contributed by atoms with Crippen LogP contribution in [0.1, 0.15) is 15.9 Å². The monoisotopic (exact) mass is 273 g/mol. The lowest BCUT2D eigenvalue weighted by Gasteiger charge is -2.09. The fraction of sp³-hybridized carbons (Fsp3) is 0.143. The molecular weight excluding hydrogens is 258 g/mol. The molecule has 1 aromatic carbocycles. The summed E-state index contributed by atoms with van der Waals surface area (Å²) in [5, 5.41) is 2.70. The van der Waals surface area contributed by atoms with Crippen LogP contribution in [-0.2, 0) is 11.3 Å². The Morgan fingerprint density at radius 1 is 1.25 bits per heavy atom. The van der Waals surface area contributed by atoms with E-state index >= 15 is 0 Å². The average Bonchev–Trinajstić information content (AvgIpc) is 2.96. The van der Waals surface area contributed by atoms with E-state index in [1.165, 1.54) is 0 Å². The van der Waals surface area contributed by atoms with Crippen molar-refractivity contribution in [3.63, 3.8) is 0 Å². The first kappa shape index (κ1) is 13.7. The predicted octanol–water partition coefficient (Wildman–Crippen LogP) is 0.809. The van der Waals surface area contributed by atoms with Gasteiger partial charge in [-0.1, -0.05) is 12.1 Å². The topological polar surface area (TPSA) is 97.2 Å². The summed E-state index contributed by atoms with van der Waals surface area (Å²) >= 11 is 0. The smallest absolute Gasteiger partial charge is 0.258 e. The summed E-state index contributed by atoms with van der Waals surface area (Å²) in [6.45, 7) is 0.248. The molecule has 2 aromatic rings. The third-order valence-electron chi connectivity index (χ3n) is 2.66. The number of hydrogen-bond acceptors (Lipinski definition) is 3. The van der Waals surface area contributed by atoms with Crippen LogP contribution in [0, 0.1) is 0 Å². The van der Waals surface area contributed by atoms with Crippen LogP contribution in [-0.4, -0.2) is 23.4 Å². The van der Waals surface area contributed by atoms with E-state index in [0.29, 0.717) is 12.3 Å². The van der Waals surface area contributed by atoms with E-state index in [4.69, 9.17) is 10.5 Å². The molecule has 2 rings (SSSR count). The number of primary amides is 1. The molecule has 0 fully saturated rings. The number of aromatic amines is 1. The maximum atomic E-state index is 11.6. The second kappa shape index (κ2) is 6.42. The summed E-state index contributed by atoms with van der Waals surface area (Å²) in [6, 6.07) is 8.40. The van der Waals surface area contributed by atoms with Crippen LogP contribution in [0.2, 0.25) is 0 Å². The molecule has 0 unspecified atom stereocenters. The van der Waals surface area contributed by atoms with Crippen LogP contribution >= 0.6 is 0 Å². The molecule has 4 N–H and O–H groups in total. The summed E-state index contributed by atoms with van der Waals surface area (Å²) in [5.74, 6) is -0.560. The van der Waals surface area contributed by atoms with Crippen molar-refractivity contribution in [1.82, 2.24) is 10.3 Å². The van der Waals surface area contributed by atoms with Crippen molar-refractivity contribution in [2.45, 2.75) is 6.54 Å². The fourth-order valence-corrected chi connectivity index (χ4v) is 1.66. The van der Waals surface area contributed by atoms with Crippen LogP contribution in [0.25, 0.3) is 0 Å². The van der Waals surface area contributed by atoms with Gasteiger partial charge in [0, 0.05) is 18.9 Å². The van der Waals surface area contributed by atoms with Gasteiger partial charge in [-0.2, -0.15) is 0 Å². The average molecular weight is 273 g/mol. The Balaban J connectivity index is 1.85. The normalized spacial score (nSPS) is 10.0. The SMILES string of the molecule is NC(=O)c1ccccc1OCC(=O)NCc1cc[nH]c1. The van der Waals surface area contributed by atoms with Gasteiger partial charge < -0.3 is 20.8 Å². The molecule has 104 valence electrons. The number of rotatable bonds is 6. The van der Waals surface area contributed by atoms with E-state index in [-0.39, 0.29) is 18.1 Å². The van der Waals surface area contributed by atoms with E-state index in [0.717, 1.165) is 5.56 Å². The highest BCUT2D eigenvalue weighted by molar-refractivity contribution is 5.95. The number of ether oxygens (including phenoxy) is 1. The van der Waals surface area contributed by atoms with Crippen LogP contribution < -0.4 is 15.8 Å². The Morgan fingerprint density at radius 2 is 2.05 bits per heavy atom. The van der Waals surface area contributed by atoms with Crippen molar-refractivity contribution in [2.75, 3.05) is 6.61 Å². The maximum Gasteiger partial charge on any atom is 0.258 e. The third-order valence-corrected chi connectivity index (χ3v) is 2.66. The number of carbonyl (C=O) groups excluding carboxylic acids is 2. The molecule has 0 spiro atoms. The molecule has 0 atom stereocenters. The minimum absolute atomic E-state index is 0.172. The summed E-state index contributed by atoms with van der Waals surface area (Å²) in [6.07, 6.45) is 3.57. The molecule has 1 heterocycles. The van der Waals surface area contributed by atoms with Gasteiger partial charge in [0.1, 0.15) is 5.75 Å². The van der Waals surface area contributed by atoms with Crippen molar-refractivity contribution in [1.29, 1.82) is 0 Å². The van der Waals surface area contributed by atoms with E-state index in [1.807, 2.05) is 6.07 Å². The van der Waals surface area contributed by atoms with Gasteiger partial charge in [0.25, 0.3) is 11.8 Å². The molecule has 0 radical (unpaired) electrons. The Kier molecular flexibility index (Phi) is 4.39. The zero-order chi connectivity index (χ0) is 14.4. The number of hydrogen-bond donors (Lipinski definition) is 3. The second-order valence-corrected chi connectivity index (χ2v) is 4.15. The van der Waals surface area contributed by atoms with Gasteiger partial charge in [0.2, 0.25) is 0 Å². The number of carbonyl (C=O) groups is 2. The molecule has 0 aliphatic rings. The minimum Gasteiger partial charge on any atom is -0.483 e. The lowest BCUT2D eigenvalue weighted by Crippen LogP contribution is -2.28. The van der Waals surface area contributed by atoms with Crippen LogP contribution in [0.5, 0.6) is 5.75 Å². The number of para-hydroxylation sites is 1. The molecule has 0 saturated carbocycles. The molecule has 20 heavy (non-hydrogen) atoms.